The maximum atomic E-state index is 12.4. The van der Waals surface area contributed by atoms with E-state index < -0.39 is 23.8 Å². The maximum Gasteiger partial charge on any atom is 0.341 e. The minimum Gasteiger partial charge on any atom is -0.482 e. The molecule has 0 heterocycles. The van der Waals surface area contributed by atoms with E-state index in [1.165, 1.54) is 9.87 Å². The number of rotatable bonds is 7. The van der Waals surface area contributed by atoms with Crippen LogP contribution in [0.2, 0.25) is 0 Å². The Hall–Kier alpha value is -3.16. The van der Waals surface area contributed by atoms with Crippen molar-refractivity contribution in [1.29, 1.82) is 0 Å². The van der Waals surface area contributed by atoms with Gasteiger partial charge in [0.2, 0.25) is 0 Å². The lowest BCUT2D eigenvalue weighted by Crippen LogP contribution is -2.33. The normalized spacial score (nSPS) is 16.1. The SMILES string of the molecule is Cc1cccc(-c2ccc(N(C3CCCc4c(OCC(=O)O)cccc43)S(=O)O)cc2)c1. The molecule has 7 heteroatoms. The van der Waals surface area contributed by atoms with Crippen LogP contribution in [0.5, 0.6) is 5.75 Å². The number of aliphatic carboxylic acids is 1. The summed E-state index contributed by atoms with van der Waals surface area (Å²) in [6.45, 7) is 1.63. The van der Waals surface area contributed by atoms with Crippen molar-refractivity contribution in [3.05, 3.63) is 83.4 Å². The van der Waals surface area contributed by atoms with Crippen molar-refractivity contribution >= 4 is 22.9 Å². The molecule has 0 saturated carbocycles. The first-order valence-corrected chi connectivity index (χ1v) is 11.5. The van der Waals surface area contributed by atoms with Crippen LogP contribution >= 0.6 is 0 Å². The fraction of sp³-hybridized carbons (Fsp3) is 0.240. The number of hydrogen-bond acceptors (Lipinski definition) is 3. The summed E-state index contributed by atoms with van der Waals surface area (Å²) in [6.07, 6.45) is 2.25. The fourth-order valence-electron chi connectivity index (χ4n) is 4.31. The van der Waals surface area contributed by atoms with Crippen LogP contribution in [0.15, 0.2) is 66.7 Å². The smallest absolute Gasteiger partial charge is 0.341 e. The summed E-state index contributed by atoms with van der Waals surface area (Å²) >= 11 is -2.23. The summed E-state index contributed by atoms with van der Waals surface area (Å²) in [5.41, 5.74) is 5.74. The molecule has 2 N–H and O–H groups in total. The molecule has 0 saturated heterocycles. The van der Waals surface area contributed by atoms with Gasteiger partial charge >= 0.3 is 5.97 Å². The van der Waals surface area contributed by atoms with Crippen molar-refractivity contribution in [2.24, 2.45) is 0 Å². The second-order valence-corrected chi connectivity index (χ2v) is 8.74. The molecule has 6 nitrogen and oxygen atoms in total. The molecule has 0 radical (unpaired) electrons. The molecule has 0 aromatic heterocycles. The highest BCUT2D eigenvalue weighted by Crippen LogP contribution is 2.41. The van der Waals surface area contributed by atoms with Gasteiger partial charge in [-0.25, -0.2) is 9.00 Å². The molecule has 1 aliphatic rings. The third-order valence-corrected chi connectivity index (χ3v) is 6.51. The molecule has 0 amide bonds. The first kappa shape index (κ1) is 22.0. The Morgan fingerprint density at radius 2 is 1.84 bits per heavy atom. The van der Waals surface area contributed by atoms with E-state index >= 15 is 0 Å². The van der Waals surface area contributed by atoms with E-state index in [1.807, 2.05) is 55.5 Å². The number of carbonyl (C=O) groups is 1. The first-order chi connectivity index (χ1) is 15.4. The van der Waals surface area contributed by atoms with Gasteiger partial charge in [-0.05, 0) is 66.6 Å². The lowest BCUT2D eigenvalue weighted by molar-refractivity contribution is -0.139. The zero-order valence-corrected chi connectivity index (χ0v) is 18.5. The topological polar surface area (TPSA) is 87.1 Å². The van der Waals surface area contributed by atoms with E-state index in [1.54, 1.807) is 12.1 Å². The van der Waals surface area contributed by atoms with E-state index in [2.05, 4.69) is 6.07 Å². The van der Waals surface area contributed by atoms with Crippen LogP contribution in [0.4, 0.5) is 5.69 Å². The van der Waals surface area contributed by atoms with Crippen LogP contribution in [-0.4, -0.2) is 26.4 Å². The van der Waals surface area contributed by atoms with Gasteiger partial charge in [-0.3, -0.25) is 8.86 Å². The van der Waals surface area contributed by atoms with Crippen LogP contribution in [0, 0.1) is 6.92 Å². The number of aryl methyl sites for hydroxylation is 1. The van der Waals surface area contributed by atoms with Crippen molar-refractivity contribution in [2.75, 3.05) is 10.9 Å². The predicted molar refractivity (Wildman–Crippen MR) is 125 cm³/mol. The first-order valence-electron chi connectivity index (χ1n) is 10.5. The number of carboxylic acids is 1. The molecule has 2 atom stereocenters. The van der Waals surface area contributed by atoms with Crippen molar-refractivity contribution in [3.8, 4) is 16.9 Å². The standard InChI is InChI=1S/C25H25NO5S/c1-17-5-2-6-19(15-17)18-11-13-20(14-12-18)26(32(29)30)23-9-3-8-22-21(23)7-4-10-24(22)31-16-25(27)28/h2,4-7,10-15,23H,3,8-9,16H2,1H3,(H,27,28)(H,29,30). The lowest BCUT2D eigenvalue weighted by Gasteiger charge is -2.35. The molecule has 0 bridgehead atoms. The molecule has 3 aromatic carbocycles. The van der Waals surface area contributed by atoms with Gasteiger partial charge < -0.3 is 9.84 Å². The second kappa shape index (κ2) is 9.54. The van der Waals surface area contributed by atoms with Crippen LogP contribution in [0.1, 0.15) is 35.6 Å². The molecular weight excluding hydrogens is 426 g/mol. The highest BCUT2D eigenvalue weighted by molar-refractivity contribution is 7.80. The molecule has 2 unspecified atom stereocenters. The van der Waals surface area contributed by atoms with E-state index in [-0.39, 0.29) is 6.04 Å². The summed E-state index contributed by atoms with van der Waals surface area (Å²) < 4.78 is 29.6. The lowest BCUT2D eigenvalue weighted by atomic mass is 9.87. The van der Waals surface area contributed by atoms with Gasteiger partial charge in [-0.15, -0.1) is 0 Å². The summed E-state index contributed by atoms with van der Waals surface area (Å²) in [6, 6.07) is 21.0. The Morgan fingerprint density at radius 1 is 1.09 bits per heavy atom. The Bertz CT molecular complexity index is 1150. The average Bonchev–Trinajstić information content (AvgIpc) is 2.78. The average molecular weight is 452 g/mol. The van der Waals surface area contributed by atoms with E-state index in [0.29, 0.717) is 17.9 Å². The fourth-order valence-corrected chi connectivity index (χ4v) is 5.05. The van der Waals surface area contributed by atoms with E-state index in [9.17, 15) is 13.6 Å². The summed E-state index contributed by atoms with van der Waals surface area (Å²) in [5.74, 6) is -0.519. The quantitative estimate of drug-likeness (QED) is 0.486. The molecule has 0 aliphatic heterocycles. The summed E-state index contributed by atoms with van der Waals surface area (Å²) in [4.78, 5) is 10.9. The number of anilines is 1. The molecule has 0 spiro atoms. The van der Waals surface area contributed by atoms with Crippen molar-refractivity contribution in [2.45, 2.75) is 32.2 Å². The van der Waals surface area contributed by atoms with Gasteiger partial charge in [0.15, 0.2) is 6.61 Å². The zero-order valence-electron chi connectivity index (χ0n) is 17.7. The number of nitrogens with zero attached hydrogens (tertiary/aromatic N) is 1. The van der Waals surface area contributed by atoms with Crippen molar-refractivity contribution < 1.29 is 23.4 Å². The molecule has 4 rings (SSSR count). The van der Waals surface area contributed by atoms with Gasteiger partial charge in [0, 0.05) is 0 Å². The molecule has 166 valence electrons. The molecule has 32 heavy (non-hydrogen) atoms. The number of fused-ring (bicyclic) bond motifs is 1. The highest BCUT2D eigenvalue weighted by atomic mass is 32.2. The number of ether oxygens (including phenoxy) is 1. The Labute approximate surface area is 189 Å². The van der Waals surface area contributed by atoms with Gasteiger partial charge in [-0.1, -0.05) is 54.1 Å². The third kappa shape index (κ3) is 4.69. The third-order valence-electron chi connectivity index (χ3n) is 5.71. The minimum absolute atomic E-state index is 0.317. The predicted octanol–water partition coefficient (Wildman–Crippen LogP) is 5.15. The Morgan fingerprint density at radius 3 is 2.53 bits per heavy atom. The van der Waals surface area contributed by atoms with Gasteiger partial charge in [-0.2, -0.15) is 0 Å². The Balaban J connectivity index is 1.67. The van der Waals surface area contributed by atoms with Crippen LogP contribution in [-0.2, 0) is 22.5 Å². The number of carboxylic acid groups (broad SMARTS) is 1. The van der Waals surface area contributed by atoms with E-state index in [0.717, 1.165) is 35.1 Å². The maximum absolute atomic E-state index is 12.4. The molecular formula is C25H25NO5S. The largest absolute Gasteiger partial charge is 0.482 e. The van der Waals surface area contributed by atoms with Gasteiger partial charge in [0.25, 0.3) is 11.3 Å². The van der Waals surface area contributed by atoms with Gasteiger partial charge in [0.1, 0.15) is 5.75 Å². The number of hydrogen-bond donors (Lipinski definition) is 2. The minimum atomic E-state index is -2.23. The zero-order chi connectivity index (χ0) is 22.7. The van der Waals surface area contributed by atoms with Crippen LogP contribution in [0.25, 0.3) is 11.1 Å². The van der Waals surface area contributed by atoms with Crippen LogP contribution < -0.4 is 9.04 Å². The van der Waals surface area contributed by atoms with E-state index in [4.69, 9.17) is 9.84 Å². The van der Waals surface area contributed by atoms with Crippen molar-refractivity contribution in [1.82, 2.24) is 0 Å². The van der Waals surface area contributed by atoms with Crippen LogP contribution in [0.3, 0.4) is 0 Å². The van der Waals surface area contributed by atoms with Crippen molar-refractivity contribution in [3.63, 3.8) is 0 Å². The molecule has 0 fully saturated rings. The van der Waals surface area contributed by atoms with Gasteiger partial charge in [0.05, 0.1) is 11.7 Å². The summed E-state index contributed by atoms with van der Waals surface area (Å²) in [7, 11) is 0. The highest BCUT2D eigenvalue weighted by Gasteiger charge is 2.31. The summed E-state index contributed by atoms with van der Waals surface area (Å²) in [5, 5.41) is 8.95. The molecule has 3 aromatic rings. The second-order valence-electron chi connectivity index (χ2n) is 7.89. The number of benzene rings is 3. The monoisotopic (exact) mass is 451 g/mol. The molecule has 1 aliphatic carbocycles. The Kier molecular flexibility index (Phi) is 6.58.